The van der Waals surface area contributed by atoms with Crippen LogP contribution in [0.2, 0.25) is 0 Å². The molecule has 0 amide bonds. The second-order valence-electron chi connectivity index (χ2n) is 9.34. The molecule has 0 bridgehead atoms. The molecule has 4 heterocycles. The van der Waals surface area contributed by atoms with Crippen LogP contribution in [0, 0.1) is 23.0 Å². The summed E-state index contributed by atoms with van der Waals surface area (Å²) in [5, 5.41) is 9.34. The fraction of sp³-hybridized carbons (Fsp3) is 0.269. The first kappa shape index (κ1) is 23.7. The van der Waals surface area contributed by atoms with E-state index in [9.17, 15) is 14.4 Å². The van der Waals surface area contributed by atoms with E-state index in [4.69, 9.17) is 9.72 Å². The van der Waals surface area contributed by atoms with Gasteiger partial charge in [0.1, 0.15) is 17.7 Å². The molecule has 12 heteroatoms. The van der Waals surface area contributed by atoms with Gasteiger partial charge in [0.25, 0.3) is 0 Å². The number of likely N-dealkylation sites (N-methyl/N-ethyl adjacent to an activating group) is 1. The molecule has 6 rings (SSSR count). The second kappa shape index (κ2) is 9.04. The number of fused-ring (bicyclic) bond motifs is 3. The molecule has 0 fully saturated rings. The lowest BCUT2D eigenvalue weighted by atomic mass is 9.99. The minimum atomic E-state index is -0.836. The predicted octanol–water partition coefficient (Wildman–Crippen LogP) is 3.02. The molecule has 38 heavy (non-hydrogen) atoms. The summed E-state index contributed by atoms with van der Waals surface area (Å²) in [6, 6.07) is 8.40. The molecule has 0 saturated carbocycles. The molecule has 10 nitrogen and oxygen atoms in total. The van der Waals surface area contributed by atoms with Crippen LogP contribution < -0.4 is 10.4 Å². The molecular weight excluding hydrogens is 494 g/mol. The number of aromatic nitrogens is 6. The lowest BCUT2D eigenvalue weighted by Crippen LogP contribution is -2.33. The van der Waals surface area contributed by atoms with Gasteiger partial charge in [-0.05, 0) is 44.4 Å². The first-order valence-corrected chi connectivity index (χ1v) is 12.0. The largest absolute Gasteiger partial charge is 0.490 e. The van der Waals surface area contributed by atoms with Crippen LogP contribution in [0.1, 0.15) is 23.6 Å². The van der Waals surface area contributed by atoms with E-state index in [-0.39, 0.29) is 35.9 Å². The molecule has 0 unspecified atom stereocenters. The maximum absolute atomic E-state index is 15.1. The number of benzene rings is 2. The van der Waals surface area contributed by atoms with E-state index in [1.54, 1.807) is 33.5 Å². The third-order valence-corrected chi connectivity index (χ3v) is 6.73. The zero-order valence-electron chi connectivity index (χ0n) is 20.6. The molecule has 192 valence electrons. The zero-order valence-corrected chi connectivity index (χ0v) is 20.6. The highest BCUT2D eigenvalue weighted by molar-refractivity contribution is 5.79. The molecule has 0 N–H and O–H groups in total. The molecule has 0 aliphatic carbocycles. The maximum atomic E-state index is 15.1. The number of nitrogens with zero attached hydrogens (tertiary/aromatic N) is 8. The number of ether oxygens (including phenoxy) is 1. The van der Waals surface area contributed by atoms with E-state index in [2.05, 4.69) is 16.0 Å². The molecule has 5 aromatic rings. The van der Waals surface area contributed by atoms with Gasteiger partial charge in [-0.1, -0.05) is 0 Å². The Balaban J connectivity index is 1.60. The summed E-state index contributed by atoms with van der Waals surface area (Å²) in [5.74, 6) is -1.32. The van der Waals surface area contributed by atoms with Crippen molar-refractivity contribution in [1.82, 2.24) is 33.6 Å². The van der Waals surface area contributed by atoms with E-state index < -0.39 is 23.4 Å². The molecule has 2 aromatic carbocycles. The van der Waals surface area contributed by atoms with Crippen molar-refractivity contribution < 1.29 is 13.5 Å². The Hall–Kier alpha value is -4.63. The SMILES string of the molecule is CN(C)CCn1c(=O)n([C@@H]2CCOc3c(F)ccc(F)c32)c2nc(-n3cnc4ccc(C#N)cc43)ncc21. The van der Waals surface area contributed by atoms with E-state index >= 15 is 4.39 Å². The van der Waals surface area contributed by atoms with Crippen LogP contribution in [0.4, 0.5) is 8.78 Å². The summed E-state index contributed by atoms with van der Waals surface area (Å²) < 4.78 is 39.7. The summed E-state index contributed by atoms with van der Waals surface area (Å²) in [6.45, 7) is 1.02. The standard InChI is InChI=1S/C26H22F2N8O2/c1-33(2)8-9-34-21-13-30-25(35-14-31-18-6-3-15(12-29)11-20(18)35)32-24(21)36(26(34)37)19-7-10-38-23-17(28)5-4-16(27)22(19)23/h3-6,11,13-14,19H,7-10H2,1-2H3/t19-/m1/s1. The van der Waals surface area contributed by atoms with Crippen molar-refractivity contribution in [2.24, 2.45) is 0 Å². The Labute approximate surface area is 215 Å². The Bertz CT molecular complexity index is 1810. The van der Waals surface area contributed by atoms with Crippen LogP contribution in [-0.2, 0) is 6.54 Å². The normalized spacial score (nSPS) is 15.1. The number of nitriles is 1. The van der Waals surface area contributed by atoms with E-state index in [1.165, 1.54) is 10.9 Å². The van der Waals surface area contributed by atoms with Gasteiger partial charge >= 0.3 is 5.69 Å². The highest BCUT2D eigenvalue weighted by Gasteiger charge is 2.33. The van der Waals surface area contributed by atoms with Crippen LogP contribution >= 0.6 is 0 Å². The molecule has 0 saturated heterocycles. The van der Waals surface area contributed by atoms with Gasteiger partial charge < -0.3 is 9.64 Å². The predicted molar refractivity (Wildman–Crippen MR) is 134 cm³/mol. The smallest absolute Gasteiger partial charge is 0.331 e. The average Bonchev–Trinajstić information content (AvgIpc) is 3.46. The zero-order chi connectivity index (χ0) is 26.6. The summed E-state index contributed by atoms with van der Waals surface area (Å²) in [7, 11) is 3.79. The van der Waals surface area contributed by atoms with Gasteiger partial charge in [0.2, 0.25) is 5.95 Å². The summed E-state index contributed by atoms with van der Waals surface area (Å²) >= 11 is 0. The summed E-state index contributed by atoms with van der Waals surface area (Å²) in [5.41, 5.74) is 2.03. The molecule has 1 atom stereocenters. The van der Waals surface area contributed by atoms with Gasteiger partial charge in [-0.2, -0.15) is 10.2 Å². The fourth-order valence-electron chi connectivity index (χ4n) is 4.88. The van der Waals surface area contributed by atoms with Crippen molar-refractivity contribution in [3.63, 3.8) is 0 Å². The van der Waals surface area contributed by atoms with Crippen molar-refractivity contribution >= 4 is 22.2 Å². The van der Waals surface area contributed by atoms with E-state index in [1.807, 2.05) is 19.0 Å². The number of hydrogen-bond donors (Lipinski definition) is 0. The van der Waals surface area contributed by atoms with Gasteiger partial charge in [-0.25, -0.2) is 23.5 Å². The van der Waals surface area contributed by atoms with E-state index in [0.29, 0.717) is 35.2 Å². The first-order chi connectivity index (χ1) is 18.4. The molecular formula is C26H22F2N8O2. The van der Waals surface area contributed by atoms with Crippen molar-refractivity contribution in [3.8, 4) is 17.8 Å². The average molecular weight is 517 g/mol. The van der Waals surface area contributed by atoms with Crippen LogP contribution in [0.15, 0.2) is 47.7 Å². The summed E-state index contributed by atoms with van der Waals surface area (Å²) in [4.78, 5) is 29.4. The molecule has 1 aliphatic rings. The van der Waals surface area contributed by atoms with Gasteiger partial charge in [0.05, 0.1) is 47.1 Å². The minimum Gasteiger partial charge on any atom is -0.490 e. The van der Waals surface area contributed by atoms with Gasteiger partial charge in [-0.3, -0.25) is 13.7 Å². The molecule has 3 aromatic heterocycles. The van der Waals surface area contributed by atoms with E-state index in [0.717, 1.165) is 12.1 Å². The monoisotopic (exact) mass is 516 g/mol. The minimum absolute atomic E-state index is 0.0167. The van der Waals surface area contributed by atoms with Gasteiger partial charge in [0, 0.05) is 19.5 Å². The quantitative estimate of drug-likeness (QED) is 0.354. The second-order valence-corrected chi connectivity index (χ2v) is 9.34. The number of imidazole rings is 2. The lowest BCUT2D eigenvalue weighted by Gasteiger charge is -2.27. The Morgan fingerprint density at radius 1 is 1.16 bits per heavy atom. The number of halogens is 2. The Morgan fingerprint density at radius 2 is 1.97 bits per heavy atom. The molecule has 0 spiro atoms. The summed E-state index contributed by atoms with van der Waals surface area (Å²) in [6.07, 6.45) is 3.34. The van der Waals surface area contributed by atoms with Crippen molar-refractivity contribution in [1.29, 1.82) is 5.26 Å². The van der Waals surface area contributed by atoms with Crippen LogP contribution in [0.5, 0.6) is 5.75 Å². The Kier molecular flexibility index (Phi) is 5.65. The number of hydrogen-bond acceptors (Lipinski definition) is 7. The number of rotatable bonds is 5. The van der Waals surface area contributed by atoms with Crippen molar-refractivity contribution in [2.75, 3.05) is 27.2 Å². The lowest BCUT2D eigenvalue weighted by molar-refractivity contribution is 0.237. The first-order valence-electron chi connectivity index (χ1n) is 12.0. The topological polar surface area (TPSA) is 107 Å². The van der Waals surface area contributed by atoms with Crippen LogP contribution in [0.3, 0.4) is 0 Å². The van der Waals surface area contributed by atoms with Crippen molar-refractivity contribution in [2.45, 2.75) is 19.0 Å². The van der Waals surface area contributed by atoms with Crippen LogP contribution in [0.25, 0.3) is 28.1 Å². The van der Waals surface area contributed by atoms with Gasteiger partial charge in [-0.15, -0.1) is 0 Å². The van der Waals surface area contributed by atoms with Crippen molar-refractivity contribution in [3.05, 3.63) is 76.1 Å². The third-order valence-electron chi connectivity index (χ3n) is 6.73. The Morgan fingerprint density at radius 3 is 2.76 bits per heavy atom. The highest BCUT2D eigenvalue weighted by Crippen LogP contribution is 2.39. The molecule has 1 aliphatic heterocycles. The molecule has 0 radical (unpaired) electrons. The van der Waals surface area contributed by atoms with Gasteiger partial charge in [0.15, 0.2) is 17.2 Å². The highest BCUT2D eigenvalue weighted by atomic mass is 19.1. The third kappa shape index (κ3) is 3.71. The fourth-order valence-corrected chi connectivity index (χ4v) is 4.88. The van der Waals surface area contributed by atoms with Crippen LogP contribution in [-0.4, -0.2) is 60.8 Å². The maximum Gasteiger partial charge on any atom is 0.331 e.